The Labute approximate surface area is 142 Å². The summed E-state index contributed by atoms with van der Waals surface area (Å²) in [5.41, 5.74) is 0.294. The molecule has 23 heavy (non-hydrogen) atoms. The minimum absolute atomic E-state index is 0.259. The number of amides is 1. The molecule has 6 nitrogen and oxygen atoms in total. The van der Waals surface area contributed by atoms with Crippen molar-refractivity contribution in [1.29, 1.82) is 0 Å². The summed E-state index contributed by atoms with van der Waals surface area (Å²) >= 11 is 6.10. The molecule has 1 aliphatic rings. The first kappa shape index (κ1) is 17.9. The van der Waals surface area contributed by atoms with Crippen LogP contribution in [0.1, 0.15) is 45.7 Å². The Balaban J connectivity index is 1.91. The van der Waals surface area contributed by atoms with E-state index in [1.165, 1.54) is 0 Å². The van der Waals surface area contributed by atoms with E-state index in [4.69, 9.17) is 16.3 Å². The number of rotatable bonds is 4. The molecule has 1 aromatic heterocycles. The molecule has 0 bridgehead atoms. The number of carbonyl (C=O) groups excluding carboxylic acids is 1. The van der Waals surface area contributed by atoms with Gasteiger partial charge in [0.2, 0.25) is 0 Å². The van der Waals surface area contributed by atoms with Crippen LogP contribution in [0.15, 0.2) is 12.4 Å². The van der Waals surface area contributed by atoms with Crippen molar-refractivity contribution in [3.8, 4) is 0 Å². The van der Waals surface area contributed by atoms with Gasteiger partial charge in [-0.25, -0.2) is 9.78 Å². The Kier molecular flexibility index (Phi) is 6.18. The standard InChI is InChI=1S/C16H25ClN4O2/c1-16(2,3)23-15(22)20-10-12-6-4-5-9-21(12)11-13-14(17)19-8-7-18-13/h7-8,12H,4-6,9-11H2,1-3H3,(H,20,22)/t12-/m1/s1. The van der Waals surface area contributed by atoms with Crippen LogP contribution < -0.4 is 5.32 Å². The highest BCUT2D eigenvalue weighted by Gasteiger charge is 2.25. The molecule has 0 radical (unpaired) electrons. The van der Waals surface area contributed by atoms with E-state index in [-0.39, 0.29) is 12.1 Å². The van der Waals surface area contributed by atoms with E-state index in [0.717, 1.165) is 31.5 Å². The van der Waals surface area contributed by atoms with Crippen LogP contribution in [0.5, 0.6) is 0 Å². The summed E-state index contributed by atoms with van der Waals surface area (Å²) in [7, 11) is 0. The third-order valence-electron chi connectivity index (χ3n) is 3.71. The summed E-state index contributed by atoms with van der Waals surface area (Å²) in [5.74, 6) is 0. The van der Waals surface area contributed by atoms with E-state index in [1.807, 2.05) is 20.8 Å². The van der Waals surface area contributed by atoms with Crippen LogP contribution in [0.4, 0.5) is 4.79 Å². The second-order valence-electron chi connectivity index (χ2n) is 6.80. The fraction of sp³-hybridized carbons (Fsp3) is 0.688. The molecular weight excluding hydrogens is 316 g/mol. The van der Waals surface area contributed by atoms with E-state index >= 15 is 0 Å². The van der Waals surface area contributed by atoms with Crippen molar-refractivity contribution in [2.24, 2.45) is 0 Å². The zero-order valence-electron chi connectivity index (χ0n) is 14.0. The normalized spacial score (nSPS) is 19.4. The van der Waals surface area contributed by atoms with Gasteiger partial charge in [-0.15, -0.1) is 0 Å². The van der Waals surface area contributed by atoms with E-state index in [9.17, 15) is 4.79 Å². The summed E-state index contributed by atoms with van der Waals surface area (Å²) in [5, 5.41) is 3.31. The largest absolute Gasteiger partial charge is 0.444 e. The van der Waals surface area contributed by atoms with Gasteiger partial charge in [-0.05, 0) is 40.2 Å². The first-order chi connectivity index (χ1) is 10.8. The molecule has 1 aliphatic heterocycles. The monoisotopic (exact) mass is 340 g/mol. The van der Waals surface area contributed by atoms with E-state index in [2.05, 4.69) is 20.2 Å². The Morgan fingerprint density at radius 2 is 2.13 bits per heavy atom. The number of hydrogen-bond acceptors (Lipinski definition) is 5. The molecule has 1 N–H and O–H groups in total. The zero-order chi connectivity index (χ0) is 16.9. The van der Waals surface area contributed by atoms with Gasteiger partial charge in [0.1, 0.15) is 5.60 Å². The van der Waals surface area contributed by atoms with Crippen molar-refractivity contribution < 1.29 is 9.53 Å². The lowest BCUT2D eigenvalue weighted by atomic mass is 10.0. The summed E-state index contributed by atoms with van der Waals surface area (Å²) in [6.45, 7) is 7.74. The second kappa shape index (κ2) is 7.93. The van der Waals surface area contributed by atoms with Crippen molar-refractivity contribution in [3.05, 3.63) is 23.2 Å². The van der Waals surface area contributed by atoms with Gasteiger partial charge in [0, 0.05) is 31.5 Å². The van der Waals surface area contributed by atoms with Gasteiger partial charge in [0.15, 0.2) is 5.15 Å². The molecule has 0 unspecified atom stereocenters. The lowest BCUT2D eigenvalue weighted by molar-refractivity contribution is 0.0491. The minimum atomic E-state index is -0.483. The first-order valence-electron chi connectivity index (χ1n) is 8.01. The maximum Gasteiger partial charge on any atom is 0.407 e. The molecule has 1 atom stereocenters. The maximum atomic E-state index is 11.8. The molecule has 2 heterocycles. The van der Waals surface area contributed by atoms with Crippen molar-refractivity contribution in [2.75, 3.05) is 13.1 Å². The highest BCUT2D eigenvalue weighted by Crippen LogP contribution is 2.21. The van der Waals surface area contributed by atoms with Crippen LogP contribution in [0, 0.1) is 0 Å². The molecule has 0 aromatic carbocycles. The molecule has 1 aromatic rings. The average Bonchev–Trinajstić information content (AvgIpc) is 2.47. The molecule has 0 spiro atoms. The molecular formula is C16H25ClN4O2. The minimum Gasteiger partial charge on any atom is -0.444 e. The number of carbonyl (C=O) groups is 1. The molecule has 0 aliphatic carbocycles. The number of hydrogen-bond donors (Lipinski definition) is 1. The predicted molar refractivity (Wildman–Crippen MR) is 89.3 cm³/mol. The third-order valence-corrected chi connectivity index (χ3v) is 4.02. The number of piperidine rings is 1. The highest BCUT2D eigenvalue weighted by molar-refractivity contribution is 6.29. The van der Waals surface area contributed by atoms with E-state index in [1.54, 1.807) is 12.4 Å². The number of nitrogens with zero attached hydrogens (tertiary/aromatic N) is 3. The van der Waals surface area contributed by atoms with Gasteiger partial charge in [-0.1, -0.05) is 18.0 Å². The Hall–Kier alpha value is -1.40. The topological polar surface area (TPSA) is 67.3 Å². The van der Waals surface area contributed by atoms with Crippen LogP contribution in [0.25, 0.3) is 0 Å². The Morgan fingerprint density at radius 1 is 1.39 bits per heavy atom. The molecule has 2 rings (SSSR count). The van der Waals surface area contributed by atoms with Gasteiger partial charge in [0.25, 0.3) is 0 Å². The van der Waals surface area contributed by atoms with E-state index in [0.29, 0.717) is 18.2 Å². The fourth-order valence-electron chi connectivity index (χ4n) is 2.66. The Morgan fingerprint density at radius 3 is 2.83 bits per heavy atom. The summed E-state index contributed by atoms with van der Waals surface area (Å²) in [6, 6.07) is 0.259. The smallest absolute Gasteiger partial charge is 0.407 e. The van der Waals surface area contributed by atoms with Crippen molar-refractivity contribution in [1.82, 2.24) is 20.2 Å². The number of aromatic nitrogens is 2. The van der Waals surface area contributed by atoms with Crippen molar-refractivity contribution in [3.63, 3.8) is 0 Å². The van der Waals surface area contributed by atoms with Gasteiger partial charge in [-0.3, -0.25) is 9.88 Å². The summed E-state index contributed by atoms with van der Waals surface area (Å²) in [6.07, 6.45) is 6.20. The Bertz CT molecular complexity index is 533. The molecule has 1 fully saturated rings. The van der Waals surface area contributed by atoms with Gasteiger partial charge in [0.05, 0.1) is 5.69 Å². The lowest BCUT2D eigenvalue weighted by Crippen LogP contribution is -2.47. The first-order valence-corrected chi connectivity index (χ1v) is 8.39. The van der Waals surface area contributed by atoms with E-state index < -0.39 is 5.60 Å². The van der Waals surface area contributed by atoms with Gasteiger partial charge >= 0.3 is 6.09 Å². The SMILES string of the molecule is CC(C)(C)OC(=O)NC[C@H]1CCCCN1Cc1nccnc1Cl. The second-order valence-corrected chi connectivity index (χ2v) is 7.15. The summed E-state index contributed by atoms with van der Waals surface area (Å²) in [4.78, 5) is 22.5. The molecule has 7 heteroatoms. The van der Waals surface area contributed by atoms with Gasteiger partial charge in [-0.2, -0.15) is 0 Å². The summed E-state index contributed by atoms with van der Waals surface area (Å²) < 4.78 is 5.29. The van der Waals surface area contributed by atoms with Crippen LogP contribution in [-0.2, 0) is 11.3 Å². The number of ether oxygens (including phenoxy) is 1. The predicted octanol–water partition coefficient (Wildman–Crippen LogP) is 3.01. The molecule has 1 saturated heterocycles. The quantitative estimate of drug-likeness (QED) is 0.912. The van der Waals surface area contributed by atoms with Crippen LogP contribution in [0.3, 0.4) is 0 Å². The molecule has 1 amide bonds. The number of likely N-dealkylation sites (tertiary alicyclic amines) is 1. The number of alkyl carbamates (subject to hydrolysis) is 1. The van der Waals surface area contributed by atoms with Crippen LogP contribution in [-0.4, -0.2) is 45.7 Å². The average molecular weight is 341 g/mol. The number of halogens is 1. The lowest BCUT2D eigenvalue weighted by Gasteiger charge is -2.35. The maximum absolute atomic E-state index is 11.8. The van der Waals surface area contributed by atoms with Gasteiger partial charge < -0.3 is 10.1 Å². The van der Waals surface area contributed by atoms with Crippen molar-refractivity contribution in [2.45, 2.75) is 58.2 Å². The van der Waals surface area contributed by atoms with Crippen LogP contribution >= 0.6 is 11.6 Å². The fourth-order valence-corrected chi connectivity index (χ4v) is 2.83. The zero-order valence-corrected chi connectivity index (χ0v) is 14.8. The molecule has 128 valence electrons. The number of nitrogens with one attached hydrogen (secondary N) is 1. The highest BCUT2D eigenvalue weighted by atomic mass is 35.5. The molecule has 0 saturated carbocycles. The van der Waals surface area contributed by atoms with Crippen LogP contribution in [0.2, 0.25) is 5.15 Å². The van der Waals surface area contributed by atoms with Crippen molar-refractivity contribution >= 4 is 17.7 Å². The third kappa shape index (κ3) is 5.95.